The summed E-state index contributed by atoms with van der Waals surface area (Å²) >= 11 is 6.22. The van der Waals surface area contributed by atoms with Gasteiger partial charge >= 0.3 is 0 Å². The highest BCUT2D eigenvalue weighted by atomic mass is 35.5. The van der Waals surface area contributed by atoms with Crippen molar-refractivity contribution in [1.82, 2.24) is 20.2 Å². The maximum absolute atomic E-state index is 12.6. The molecule has 3 aromatic rings. The fourth-order valence-corrected chi connectivity index (χ4v) is 3.88. The number of halogens is 1. The van der Waals surface area contributed by atoms with Gasteiger partial charge in [0, 0.05) is 30.2 Å². The average molecular weight is 443 g/mol. The van der Waals surface area contributed by atoms with E-state index in [1.165, 1.54) is 0 Å². The summed E-state index contributed by atoms with van der Waals surface area (Å²) in [5.74, 6) is 1.15. The number of aromatic amines is 1. The number of carbonyl (C=O) groups is 1. The first-order valence-electron chi connectivity index (χ1n) is 10.5. The van der Waals surface area contributed by atoms with Crippen LogP contribution in [-0.2, 0) is 4.74 Å². The zero-order chi connectivity index (χ0) is 21.8. The number of rotatable bonds is 7. The van der Waals surface area contributed by atoms with Crippen molar-refractivity contribution in [2.75, 3.05) is 46.5 Å². The maximum atomic E-state index is 12.6. The first-order valence-corrected chi connectivity index (χ1v) is 10.9. The van der Waals surface area contributed by atoms with Crippen LogP contribution >= 0.6 is 11.6 Å². The van der Waals surface area contributed by atoms with Gasteiger partial charge in [-0.1, -0.05) is 11.6 Å². The fraction of sp³-hybridized carbons (Fsp3) is 0.391. The summed E-state index contributed by atoms with van der Waals surface area (Å²) in [4.78, 5) is 22.9. The van der Waals surface area contributed by atoms with E-state index in [4.69, 9.17) is 21.1 Å². The third-order valence-electron chi connectivity index (χ3n) is 5.52. The molecule has 1 aromatic heterocycles. The number of fused-ring (bicyclic) bond motifs is 1. The number of morpholine rings is 1. The topological polar surface area (TPSA) is 79.5 Å². The lowest BCUT2D eigenvalue weighted by atomic mass is 10.1. The van der Waals surface area contributed by atoms with Crippen LogP contribution in [0.4, 0.5) is 0 Å². The lowest BCUT2D eigenvalue weighted by molar-refractivity contribution is 0.0374. The van der Waals surface area contributed by atoms with Gasteiger partial charge in [0.15, 0.2) is 0 Å². The molecule has 0 aliphatic carbocycles. The second-order valence-electron chi connectivity index (χ2n) is 7.68. The summed E-state index contributed by atoms with van der Waals surface area (Å²) in [5, 5.41) is 3.67. The van der Waals surface area contributed by atoms with Crippen molar-refractivity contribution in [3.05, 3.63) is 46.5 Å². The highest BCUT2D eigenvalue weighted by Crippen LogP contribution is 2.31. The van der Waals surface area contributed by atoms with Gasteiger partial charge in [-0.15, -0.1) is 0 Å². The number of H-pyrrole nitrogens is 1. The molecule has 0 bridgehead atoms. The Morgan fingerprint density at radius 3 is 2.87 bits per heavy atom. The Kier molecular flexibility index (Phi) is 6.75. The number of benzene rings is 2. The quantitative estimate of drug-likeness (QED) is 0.546. The first-order chi connectivity index (χ1) is 15.0. The summed E-state index contributed by atoms with van der Waals surface area (Å²) in [5.41, 5.74) is 4.02. The van der Waals surface area contributed by atoms with Crippen LogP contribution in [0, 0.1) is 6.92 Å². The number of aromatic nitrogens is 2. The van der Waals surface area contributed by atoms with Crippen LogP contribution in [0.25, 0.3) is 22.4 Å². The number of hydrogen-bond acceptors (Lipinski definition) is 5. The summed E-state index contributed by atoms with van der Waals surface area (Å²) in [6.07, 6.45) is 0.905. The Balaban J connectivity index is 1.43. The minimum absolute atomic E-state index is 0.112. The maximum Gasteiger partial charge on any atom is 0.251 e. The highest BCUT2D eigenvalue weighted by molar-refractivity contribution is 6.32. The Bertz CT molecular complexity index is 1040. The molecular formula is C23H27ClN4O3. The second-order valence-corrected chi connectivity index (χ2v) is 8.09. The van der Waals surface area contributed by atoms with Crippen LogP contribution in [0.3, 0.4) is 0 Å². The molecule has 4 rings (SSSR count). The summed E-state index contributed by atoms with van der Waals surface area (Å²) < 4.78 is 10.9. The van der Waals surface area contributed by atoms with Crippen molar-refractivity contribution < 1.29 is 14.3 Å². The van der Waals surface area contributed by atoms with E-state index >= 15 is 0 Å². The number of nitrogens with one attached hydrogen (secondary N) is 2. The average Bonchev–Trinajstić information content (AvgIpc) is 3.19. The molecule has 0 unspecified atom stereocenters. The molecule has 1 aliphatic rings. The first kappa shape index (κ1) is 21.6. The number of amides is 1. The number of methoxy groups -OCH3 is 1. The molecular weight excluding hydrogens is 416 g/mol. The van der Waals surface area contributed by atoms with Gasteiger partial charge in [0.05, 0.1) is 36.9 Å². The van der Waals surface area contributed by atoms with Crippen LogP contribution in [0.2, 0.25) is 5.02 Å². The molecule has 1 fully saturated rings. The van der Waals surface area contributed by atoms with Gasteiger partial charge < -0.3 is 19.8 Å². The van der Waals surface area contributed by atoms with Gasteiger partial charge in [0.1, 0.15) is 11.6 Å². The predicted octanol–water partition coefficient (Wildman–Crippen LogP) is 3.65. The van der Waals surface area contributed by atoms with Crippen molar-refractivity contribution in [2.45, 2.75) is 13.3 Å². The number of aryl methyl sites for hydroxylation is 1. The molecule has 1 saturated heterocycles. The summed E-state index contributed by atoms with van der Waals surface area (Å²) in [6, 6.07) is 9.21. The number of carbonyl (C=O) groups excluding carboxylic acids is 1. The molecule has 0 saturated carbocycles. The third-order valence-corrected chi connectivity index (χ3v) is 5.93. The number of ether oxygens (including phenoxy) is 2. The number of nitrogens with zero attached hydrogens (tertiary/aromatic N) is 2. The van der Waals surface area contributed by atoms with E-state index in [1.54, 1.807) is 19.2 Å². The molecule has 0 spiro atoms. The molecule has 7 nitrogen and oxygen atoms in total. The lowest BCUT2D eigenvalue weighted by Crippen LogP contribution is -2.38. The monoisotopic (exact) mass is 442 g/mol. The standard InChI is InChI=1S/C23H27ClN4O3/c1-15-12-19-20(14-18(15)24)27-22(26-19)17-5-4-16(13-21(17)30-2)23(29)25-6-3-7-28-8-10-31-11-9-28/h4-5,12-14H,3,6-11H2,1-2H3,(H,25,29)(H,26,27). The van der Waals surface area contributed by atoms with E-state index < -0.39 is 0 Å². The summed E-state index contributed by atoms with van der Waals surface area (Å²) in [7, 11) is 1.59. The van der Waals surface area contributed by atoms with Crippen molar-refractivity contribution in [2.24, 2.45) is 0 Å². The minimum Gasteiger partial charge on any atom is -0.496 e. The van der Waals surface area contributed by atoms with E-state index in [0.717, 1.165) is 61.4 Å². The molecule has 8 heteroatoms. The van der Waals surface area contributed by atoms with Crippen molar-refractivity contribution in [1.29, 1.82) is 0 Å². The van der Waals surface area contributed by atoms with Crippen molar-refractivity contribution in [3.63, 3.8) is 0 Å². The third kappa shape index (κ3) is 5.01. The van der Waals surface area contributed by atoms with Crippen LogP contribution in [0.5, 0.6) is 5.75 Å². The largest absolute Gasteiger partial charge is 0.496 e. The Morgan fingerprint density at radius 1 is 1.29 bits per heavy atom. The van der Waals surface area contributed by atoms with Crippen LogP contribution in [-0.4, -0.2) is 67.3 Å². The predicted molar refractivity (Wildman–Crippen MR) is 122 cm³/mol. The molecule has 2 heterocycles. The van der Waals surface area contributed by atoms with Gasteiger partial charge in [-0.25, -0.2) is 4.98 Å². The normalized spacial score (nSPS) is 14.7. The lowest BCUT2D eigenvalue weighted by Gasteiger charge is -2.26. The van der Waals surface area contributed by atoms with Gasteiger partial charge in [-0.2, -0.15) is 0 Å². The van der Waals surface area contributed by atoms with E-state index in [1.807, 2.05) is 25.1 Å². The van der Waals surface area contributed by atoms with Crippen LogP contribution in [0.15, 0.2) is 30.3 Å². The van der Waals surface area contributed by atoms with Gasteiger partial charge in [0.2, 0.25) is 0 Å². The molecule has 2 aromatic carbocycles. The molecule has 164 valence electrons. The van der Waals surface area contributed by atoms with Crippen LogP contribution in [0.1, 0.15) is 22.3 Å². The molecule has 1 amide bonds. The zero-order valence-electron chi connectivity index (χ0n) is 17.8. The molecule has 2 N–H and O–H groups in total. The number of imidazole rings is 1. The number of hydrogen-bond donors (Lipinski definition) is 2. The Labute approximate surface area is 186 Å². The smallest absolute Gasteiger partial charge is 0.251 e. The van der Waals surface area contributed by atoms with Gasteiger partial charge in [-0.05, 0) is 55.8 Å². The van der Waals surface area contributed by atoms with Crippen molar-refractivity contribution >= 4 is 28.5 Å². The van der Waals surface area contributed by atoms with E-state index in [-0.39, 0.29) is 5.91 Å². The molecule has 0 radical (unpaired) electrons. The van der Waals surface area contributed by atoms with E-state index in [0.29, 0.717) is 28.7 Å². The van der Waals surface area contributed by atoms with Crippen LogP contribution < -0.4 is 10.1 Å². The molecule has 31 heavy (non-hydrogen) atoms. The SMILES string of the molecule is COc1cc(C(=O)NCCCN2CCOCC2)ccc1-c1nc2cc(Cl)c(C)cc2[nH]1. The van der Waals surface area contributed by atoms with Gasteiger partial charge in [-0.3, -0.25) is 9.69 Å². The second kappa shape index (κ2) is 9.68. The zero-order valence-corrected chi connectivity index (χ0v) is 18.6. The Morgan fingerprint density at radius 2 is 2.10 bits per heavy atom. The Hall–Kier alpha value is -2.61. The molecule has 0 atom stereocenters. The van der Waals surface area contributed by atoms with E-state index in [2.05, 4.69) is 20.2 Å². The fourth-order valence-electron chi connectivity index (χ4n) is 3.73. The van der Waals surface area contributed by atoms with E-state index in [9.17, 15) is 4.79 Å². The minimum atomic E-state index is -0.112. The summed E-state index contributed by atoms with van der Waals surface area (Å²) in [6.45, 7) is 7.04. The van der Waals surface area contributed by atoms with Crippen molar-refractivity contribution in [3.8, 4) is 17.1 Å². The molecule has 1 aliphatic heterocycles. The highest BCUT2D eigenvalue weighted by Gasteiger charge is 2.15. The van der Waals surface area contributed by atoms with Gasteiger partial charge in [0.25, 0.3) is 5.91 Å².